The van der Waals surface area contributed by atoms with E-state index in [1.54, 1.807) is 10.7 Å². The van der Waals surface area contributed by atoms with E-state index >= 15 is 0 Å². The van der Waals surface area contributed by atoms with Crippen molar-refractivity contribution in [2.75, 3.05) is 0 Å². The lowest BCUT2D eigenvalue weighted by molar-refractivity contribution is -0.274. The molecule has 0 unspecified atom stereocenters. The van der Waals surface area contributed by atoms with Gasteiger partial charge in [-0.05, 0) is 38.1 Å². The number of alkyl halides is 3. The maximum atomic E-state index is 12.3. The predicted molar refractivity (Wildman–Crippen MR) is 71.7 cm³/mol. The van der Waals surface area contributed by atoms with Gasteiger partial charge in [0.2, 0.25) is 0 Å². The number of carboxylic acid groups (broad SMARTS) is 1. The van der Waals surface area contributed by atoms with Gasteiger partial charge in [-0.1, -0.05) is 0 Å². The summed E-state index contributed by atoms with van der Waals surface area (Å²) in [5, 5.41) is 13.2. The molecular weight excluding hydrogens is 301 g/mol. The molecule has 0 radical (unpaired) electrons. The van der Waals surface area contributed by atoms with Crippen LogP contribution in [-0.4, -0.2) is 27.2 Å². The summed E-state index contributed by atoms with van der Waals surface area (Å²) in [5.74, 6) is -2.25. The van der Waals surface area contributed by atoms with E-state index in [1.807, 2.05) is 13.8 Å². The van der Waals surface area contributed by atoms with Crippen LogP contribution in [0.1, 0.15) is 30.2 Å². The van der Waals surface area contributed by atoms with Crippen LogP contribution >= 0.6 is 0 Å². The summed E-state index contributed by atoms with van der Waals surface area (Å²) in [5.41, 5.74) is 0.487. The zero-order valence-electron chi connectivity index (χ0n) is 11.8. The molecule has 0 aliphatic carbocycles. The van der Waals surface area contributed by atoms with E-state index in [4.69, 9.17) is 5.11 Å². The molecule has 0 amide bonds. The Bertz CT molecular complexity index is 693. The fourth-order valence-corrected chi connectivity index (χ4v) is 2.02. The van der Waals surface area contributed by atoms with Gasteiger partial charge < -0.3 is 9.84 Å². The lowest BCUT2D eigenvalue weighted by atomic mass is 10.1. The number of nitrogens with zero attached hydrogens (tertiary/aromatic N) is 2. The molecule has 0 bridgehead atoms. The minimum Gasteiger partial charge on any atom is -0.478 e. The van der Waals surface area contributed by atoms with Crippen LogP contribution in [0.4, 0.5) is 13.2 Å². The van der Waals surface area contributed by atoms with Gasteiger partial charge >= 0.3 is 12.3 Å². The third-order valence-corrected chi connectivity index (χ3v) is 2.89. The standard InChI is InChI=1S/C14H13F3N2O3/c1-8(2)19-11(5-6-18-19)9-3-4-12(22-14(15,16)17)10(7-9)13(20)21/h3-8H,1-2H3,(H,20,21). The first kappa shape index (κ1) is 15.9. The molecule has 118 valence electrons. The van der Waals surface area contributed by atoms with Crippen LogP contribution in [0.5, 0.6) is 5.75 Å². The number of carboxylic acids is 1. The second-order valence-corrected chi connectivity index (χ2v) is 4.82. The summed E-state index contributed by atoms with van der Waals surface area (Å²) in [4.78, 5) is 11.2. The van der Waals surface area contributed by atoms with Crippen molar-refractivity contribution in [3.63, 3.8) is 0 Å². The molecule has 8 heteroatoms. The first-order chi connectivity index (χ1) is 10.2. The lowest BCUT2D eigenvalue weighted by Crippen LogP contribution is -2.19. The Morgan fingerprint density at radius 1 is 1.32 bits per heavy atom. The maximum Gasteiger partial charge on any atom is 0.573 e. The molecule has 1 aromatic carbocycles. The highest BCUT2D eigenvalue weighted by Crippen LogP contribution is 2.31. The number of halogens is 3. The molecule has 5 nitrogen and oxygen atoms in total. The molecule has 1 N–H and O–H groups in total. The molecule has 0 saturated carbocycles. The van der Waals surface area contributed by atoms with E-state index in [2.05, 4.69) is 9.84 Å². The van der Waals surface area contributed by atoms with E-state index in [-0.39, 0.29) is 6.04 Å². The van der Waals surface area contributed by atoms with Gasteiger partial charge in [-0.2, -0.15) is 5.10 Å². The van der Waals surface area contributed by atoms with Gasteiger partial charge in [0.05, 0.1) is 5.69 Å². The zero-order valence-corrected chi connectivity index (χ0v) is 11.8. The Kier molecular flexibility index (Phi) is 4.11. The molecular formula is C14H13F3N2O3. The summed E-state index contributed by atoms with van der Waals surface area (Å²) in [6.45, 7) is 3.77. The zero-order chi connectivity index (χ0) is 16.5. The predicted octanol–water partition coefficient (Wildman–Crippen LogP) is 3.73. The molecule has 0 spiro atoms. The van der Waals surface area contributed by atoms with Crippen molar-refractivity contribution < 1.29 is 27.8 Å². The second-order valence-electron chi connectivity index (χ2n) is 4.82. The van der Waals surface area contributed by atoms with Crippen LogP contribution in [-0.2, 0) is 0 Å². The minimum atomic E-state index is -4.95. The van der Waals surface area contributed by atoms with Crippen LogP contribution in [0.25, 0.3) is 11.3 Å². The van der Waals surface area contributed by atoms with Crippen molar-refractivity contribution in [3.05, 3.63) is 36.0 Å². The molecule has 0 atom stereocenters. The molecule has 22 heavy (non-hydrogen) atoms. The average molecular weight is 314 g/mol. The summed E-state index contributed by atoms with van der Waals surface area (Å²) in [6.07, 6.45) is -3.42. The van der Waals surface area contributed by atoms with Gasteiger partial charge in [0.15, 0.2) is 0 Å². The maximum absolute atomic E-state index is 12.3. The lowest BCUT2D eigenvalue weighted by Gasteiger charge is -2.14. The van der Waals surface area contributed by atoms with Gasteiger partial charge in [-0.3, -0.25) is 4.68 Å². The molecule has 0 fully saturated rings. The number of carbonyl (C=O) groups is 1. The summed E-state index contributed by atoms with van der Waals surface area (Å²) in [7, 11) is 0. The number of aromatic carboxylic acids is 1. The number of rotatable bonds is 4. The van der Waals surface area contributed by atoms with Crippen molar-refractivity contribution >= 4 is 5.97 Å². The van der Waals surface area contributed by atoms with Crippen molar-refractivity contribution in [1.29, 1.82) is 0 Å². The quantitative estimate of drug-likeness (QED) is 0.934. The van der Waals surface area contributed by atoms with Crippen LogP contribution in [0.3, 0.4) is 0 Å². The van der Waals surface area contributed by atoms with E-state index in [0.29, 0.717) is 11.3 Å². The monoisotopic (exact) mass is 314 g/mol. The largest absolute Gasteiger partial charge is 0.573 e. The van der Waals surface area contributed by atoms with E-state index < -0.39 is 23.6 Å². The first-order valence-electron chi connectivity index (χ1n) is 6.36. The van der Waals surface area contributed by atoms with Crippen LogP contribution in [0.2, 0.25) is 0 Å². The van der Waals surface area contributed by atoms with Gasteiger partial charge in [0.1, 0.15) is 11.3 Å². The number of aromatic nitrogens is 2. The Morgan fingerprint density at radius 2 is 2.00 bits per heavy atom. The first-order valence-corrected chi connectivity index (χ1v) is 6.36. The fraction of sp³-hybridized carbons (Fsp3) is 0.286. The summed E-state index contributed by atoms with van der Waals surface area (Å²) >= 11 is 0. The molecule has 2 rings (SSSR count). The summed E-state index contributed by atoms with van der Waals surface area (Å²) < 4.78 is 42.3. The van der Waals surface area contributed by atoms with Crippen molar-refractivity contribution in [2.24, 2.45) is 0 Å². The van der Waals surface area contributed by atoms with E-state index in [1.165, 1.54) is 12.3 Å². The Hall–Kier alpha value is -2.51. The number of hydrogen-bond donors (Lipinski definition) is 1. The van der Waals surface area contributed by atoms with Gasteiger partial charge in [-0.25, -0.2) is 4.79 Å². The Morgan fingerprint density at radius 3 is 2.55 bits per heavy atom. The highest BCUT2D eigenvalue weighted by molar-refractivity contribution is 5.92. The minimum absolute atomic E-state index is 0.0179. The van der Waals surface area contributed by atoms with E-state index in [9.17, 15) is 18.0 Å². The molecule has 1 heterocycles. The molecule has 0 saturated heterocycles. The third kappa shape index (κ3) is 3.38. The fourth-order valence-electron chi connectivity index (χ4n) is 2.02. The average Bonchev–Trinajstić information content (AvgIpc) is 2.86. The summed E-state index contributed by atoms with van der Waals surface area (Å²) in [6, 6.07) is 5.17. The Labute approximate surface area is 123 Å². The molecule has 0 aliphatic rings. The normalized spacial score (nSPS) is 11.7. The molecule has 2 aromatic rings. The number of ether oxygens (including phenoxy) is 1. The smallest absolute Gasteiger partial charge is 0.478 e. The van der Waals surface area contributed by atoms with Gasteiger partial charge in [0, 0.05) is 17.8 Å². The highest BCUT2D eigenvalue weighted by Gasteiger charge is 2.33. The van der Waals surface area contributed by atoms with Crippen molar-refractivity contribution in [1.82, 2.24) is 9.78 Å². The van der Waals surface area contributed by atoms with Crippen LogP contribution in [0.15, 0.2) is 30.5 Å². The van der Waals surface area contributed by atoms with Crippen LogP contribution in [0, 0.1) is 0 Å². The van der Waals surface area contributed by atoms with Gasteiger partial charge in [0.25, 0.3) is 0 Å². The SMILES string of the molecule is CC(C)n1nccc1-c1ccc(OC(F)(F)F)c(C(=O)O)c1. The number of hydrogen-bond acceptors (Lipinski definition) is 3. The molecule has 0 aliphatic heterocycles. The third-order valence-electron chi connectivity index (χ3n) is 2.89. The second kappa shape index (κ2) is 5.70. The Balaban J connectivity index is 2.50. The topological polar surface area (TPSA) is 64.4 Å². The van der Waals surface area contributed by atoms with Crippen molar-refractivity contribution in [3.8, 4) is 17.0 Å². The number of benzene rings is 1. The highest BCUT2D eigenvalue weighted by atomic mass is 19.4. The van der Waals surface area contributed by atoms with Crippen LogP contribution < -0.4 is 4.74 Å². The molecule has 1 aromatic heterocycles. The van der Waals surface area contributed by atoms with Gasteiger partial charge in [-0.15, -0.1) is 13.2 Å². The van der Waals surface area contributed by atoms with Crippen molar-refractivity contribution in [2.45, 2.75) is 26.3 Å². The van der Waals surface area contributed by atoms with E-state index in [0.717, 1.165) is 12.1 Å².